The van der Waals surface area contributed by atoms with Crippen molar-refractivity contribution in [2.45, 2.75) is 30.8 Å². The van der Waals surface area contributed by atoms with Crippen LogP contribution in [0.1, 0.15) is 28.0 Å². The summed E-state index contributed by atoms with van der Waals surface area (Å²) in [5.74, 6) is -1.04. The molecule has 0 aliphatic carbocycles. The van der Waals surface area contributed by atoms with Gasteiger partial charge in [0.2, 0.25) is 0 Å². The van der Waals surface area contributed by atoms with E-state index in [0.29, 0.717) is 6.54 Å². The Balaban J connectivity index is 1.63. The molecule has 148 valence electrons. The van der Waals surface area contributed by atoms with E-state index >= 15 is 4.39 Å². The van der Waals surface area contributed by atoms with E-state index in [-0.39, 0.29) is 36.6 Å². The highest BCUT2D eigenvalue weighted by molar-refractivity contribution is 6.41. The topological polar surface area (TPSA) is 45.2 Å². The number of benzene rings is 1. The van der Waals surface area contributed by atoms with Crippen molar-refractivity contribution in [3.63, 3.8) is 0 Å². The van der Waals surface area contributed by atoms with Crippen LogP contribution in [0.2, 0.25) is 10.2 Å². The van der Waals surface area contributed by atoms with Gasteiger partial charge in [0.05, 0.1) is 26.4 Å². The molecule has 1 fully saturated rings. The zero-order valence-corrected chi connectivity index (χ0v) is 16.8. The van der Waals surface area contributed by atoms with E-state index in [2.05, 4.69) is 10.3 Å². The summed E-state index contributed by atoms with van der Waals surface area (Å²) in [5, 5.41) is 1.11. The van der Waals surface area contributed by atoms with Crippen LogP contribution in [0.4, 0.5) is 8.78 Å². The number of aryl methyl sites for hydroxylation is 1. The lowest BCUT2D eigenvalue weighted by Crippen LogP contribution is -2.59. The van der Waals surface area contributed by atoms with Crippen LogP contribution in [0, 0.1) is 12.7 Å². The van der Waals surface area contributed by atoms with Crippen LogP contribution in [0.15, 0.2) is 36.5 Å². The molecule has 1 aliphatic rings. The van der Waals surface area contributed by atoms with Crippen LogP contribution in [0.5, 0.6) is 0 Å². The van der Waals surface area contributed by atoms with Gasteiger partial charge in [-0.3, -0.25) is 9.78 Å². The number of likely N-dealkylation sites (tertiary alicyclic amines) is 1. The fourth-order valence-electron chi connectivity index (χ4n) is 3.31. The van der Waals surface area contributed by atoms with E-state index in [4.69, 9.17) is 27.3 Å². The number of halogens is 3. The molecule has 2 aromatic rings. The Morgan fingerprint density at radius 2 is 2.10 bits per heavy atom. The SMILES string of the molecule is [B]C1([B])CN(C(=O)c2ccc(F)c(Cl)c2)CCC1(F)CNCc1ccc(C)cn1. The van der Waals surface area contributed by atoms with Crippen LogP contribution in [-0.4, -0.2) is 56.8 Å². The van der Waals surface area contributed by atoms with E-state index in [1.165, 1.54) is 17.0 Å². The Morgan fingerprint density at radius 3 is 2.72 bits per heavy atom. The largest absolute Gasteiger partial charge is 0.339 e. The molecule has 4 radical (unpaired) electrons. The maximum Gasteiger partial charge on any atom is 0.253 e. The minimum Gasteiger partial charge on any atom is -0.339 e. The molecule has 1 N–H and O–H groups in total. The molecule has 1 aliphatic heterocycles. The van der Waals surface area contributed by atoms with Gasteiger partial charge in [-0.05, 0) is 48.4 Å². The first-order valence-corrected chi connectivity index (χ1v) is 9.62. The number of carbonyl (C=O) groups excluding carboxylic acids is 1. The summed E-state index contributed by atoms with van der Waals surface area (Å²) in [5.41, 5.74) is 0.106. The molecule has 1 aromatic heterocycles. The maximum absolute atomic E-state index is 15.5. The molecule has 9 heteroatoms. The van der Waals surface area contributed by atoms with Crippen molar-refractivity contribution in [3.8, 4) is 0 Å². The van der Waals surface area contributed by atoms with Crippen molar-refractivity contribution < 1.29 is 13.6 Å². The predicted molar refractivity (Wildman–Crippen MR) is 111 cm³/mol. The lowest BCUT2D eigenvalue weighted by Gasteiger charge is -2.49. The molecule has 1 atom stereocenters. The molecule has 2 heterocycles. The van der Waals surface area contributed by atoms with Gasteiger partial charge in [-0.25, -0.2) is 8.78 Å². The third-order valence-corrected chi connectivity index (χ3v) is 5.49. The second-order valence-electron chi connectivity index (χ2n) is 7.54. The summed E-state index contributed by atoms with van der Waals surface area (Å²) in [7, 11) is 12.2. The number of amides is 1. The zero-order valence-electron chi connectivity index (χ0n) is 16.1. The average Bonchev–Trinajstić information content (AvgIpc) is 2.67. The summed E-state index contributed by atoms with van der Waals surface area (Å²) < 4.78 is 28.9. The summed E-state index contributed by atoms with van der Waals surface area (Å²) in [6, 6.07) is 7.46. The number of nitrogens with zero attached hydrogens (tertiary/aromatic N) is 2. The smallest absolute Gasteiger partial charge is 0.253 e. The predicted octanol–water partition coefficient (Wildman–Crippen LogP) is 2.98. The van der Waals surface area contributed by atoms with Crippen LogP contribution in [0.3, 0.4) is 0 Å². The molecular weight excluding hydrogens is 393 g/mol. The van der Waals surface area contributed by atoms with Gasteiger partial charge in [-0.2, -0.15) is 0 Å². The van der Waals surface area contributed by atoms with E-state index in [0.717, 1.165) is 17.3 Å². The molecule has 1 amide bonds. The Labute approximate surface area is 176 Å². The summed E-state index contributed by atoms with van der Waals surface area (Å²) in [6.07, 6.45) is 1.71. The highest BCUT2D eigenvalue weighted by Crippen LogP contribution is 2.43. The number of hydrogen-bond acceptors (Lipinski definition) is 3. The average molecular weight is 413 g/mol. The normalized spacial score (nSPS) is 21.2. The van der Waals surface area contributed by atoms with Gasteiger partial charge in [0, 0.05) is 37.9 Å². The molecule has 1 aromatic carbocycles. The first-order chi connectivity index (χ1) is 13.6. The van der Waals surface area contributed by atoms with Crippen molar-refractivity contribution >= 4 is 33.2 Å². The molecule has 29 heavy (non-hydrogen) atoms. The van der Waals surface area contributed by atoms with Gasteiger partial charge in [-0.1, -0.05) is 17.7 Å². The fourth-order valence-corrected chi connectivity index (χ4v) is 3.49. The van der Waals surface area contributed by atoms with Gasteiger partial charge in [0.1, 0.15) is 11.5 Å². The monoisotopic (exact) mass is 413 g/mol. The van der Waals surface area contributed by atoms with E-state index in [9.17, 15) is 9.18 Å². The maximum atomic E-state index is 15.5. The molecule has 0 bridgehead atoms. The Bertz CT molecular complexity index is 898. The minimum absolute atomic E-state index is 0.0327. The van der Waals surface area contributed by atoms with Gasteiger partial charge in [-0.15, -0.1) is 0 Å². The molecule has 0 spiro atoms. The second kappa shape index (κ2) is 8.44. The Kier molecular flexibility index (Phi) is 6.34. The first-order valence-electron chi connectivity index (χ1n) is 9.25. The molecule has 1 saturated heterocycles. The minimum atomic E-state index is -1.91. The van der Waals surface area contributed by atoms with Crippen molar-refractivity contribution in [2.75, 3.05) is 19.6 Å². The zero-order chi connectivity index (χ0) is 21.2. The molecule has 3 rings (SSSR count). The molecule has 4 nitrogen and oxygen atoms in total. The number of rotatable bonds is 5. The third kappa shape index (κ3) is 4.81. The molecular formula is C20H20B2ClF2N3O. The number of carbonyl (C=O) groups is 1. The van der Waals surface area contributed by atoms with Gasteiger partial charge in [0.25, 0.3) is 5.91 Å². The fraction of sp³-hybridized carbons (Fsp3) is 0.400. The van der Waals surface area contributed by atoms with Crippen LogP contribution in [-0.2, 0) is 6.54 Å². The highest BCUT2D eigenvalue weighted by Gasteiger charge is 2.49. The quantitative estimate of drug-likeness (QED) is 0.767. The van der Waals surface area contributed by atoms with Crippen molar-refractivity contribution in [1.82, 2.24) is 15.2 Å². The van der Waals surface area contributed by atoms with E-state index in [1.54, 1.807) is 6.20 Å². The standard InChI is InChI=1S/C20H20B2ClF2N3O/c1-13-2-4-15(27-9-13)10-26-11-19(25)6-7-28(12-20(19,21)22)18(29)14-3-5-17(24)16(23)8-14/h2-5,8-9,26H,6-7,10-12H2,1H3. The summed E-state index contributed by atoms with van der Waals surface area (Å²) >= 11 is 5.75. The van der Waals surface area contributed by atoms with E-state index in [1.807, 2.05) is 19.1 Å². The highest BCUT2D eigenvalue weighted by atomic mass is 35.5. The Morgan fingerprint density at radius 1 is 1.34 bits per heavy atom. The number of alkyl halides is 1. The number of piperidine rings is 1. The summed E-state index contributed by atoms with van der Waals surface area (Å²) in [4.78, 5) is 18.3. The number of aromatic nitrogens is 1. The summed E-state index contributed by atoms with van der Waals surface area (Å²) in [6.45, 7) is 2.19. The molecule has 1 unspecified atom stereocenters. The van der Waals surface area contributed by atoms with Crippen LogP contribution >= 0.6 is 11.6 Å². The first kappa shape index (κ1) is 21.8. The van der Waals surface area contributed by atoms with E-state index < -0.39 is 22.6 Å². The van der Waals surface area contributed by atoms with Crippen molar-refractivity contribution in [2.24, 2.45) is 0 Å². The third-order valence-electron chi connectivity index (χ3n) is 5.20. The van der Waals surface area contributed by atoms with Crippen molar-refractivity contribution in [3.05, 3.63) is 64.2 Å². The van der Waals surface area contributed by atoms with Crippen LogP contribution < -0.4 is 5.32 Å². The number of pyridine rings is 1. The lowest BCUT2D eigenvalue weighted by atomic mass is 9.45. The van der Waals surface area contributed by atoms with Gasteiger partial charge >= 0.3 is 0 Å². The molecule has 0 saturated carbocycles. The second-order valence-corrected chi connectivity index (χ2v) is 7.95. The van der Waals surface area contributed by atoms with Crippen molar-refractivity contribution in [1.29, 1.82) is 0 Å². The van der Waals surface area contributed by atoms with Crippen LogP contribution in [0.25, 0.3) is 0 Å². The lowest BCUT2D eigenvalue weighted by molar-refractivity contribution is 0.0345. The Hall–Kier alpha value is -1.92. The van der Waals surface area contributed by atoms with Gasteiger partial charge < -0.3 is 10.2 Å². The number of hydrogen-bond donors (Lipinski definition) is 1. The van der Waals surface area contributed by atoms with Gasteiger partial charge in [0.15, 0.2) is 0 Å². The number of nitrogens with one attached hydrogen (secondary N) is 1.